The molecule has 0 aliphatic rings. The molecule has 0 saturated heterocycles. The topological polar surface area (TPSA) is 48.4 Å². The average molecular weight is 377 g/mol. The molecule has 0 amide bonds. The van der Waals surface area contributed by atoms with E-state index in [0.717, 1.165) is 37.3 Å². The molecule has 0 radical (unpaired) electrons. The Morgan fingerprint density at radius 2 is 1.85 bits per heavy atom. The number of ether oxygens (including phenoxy) is 2. The number of hydrogen-bond donors (Lipinski definition) is 0. The number of carbonyl (C=O) groups excluding carboxylic acids is 1. The van der Waals surface area contributed by atoms with E-state index in [1.54, 1.807) is 18.4 Å². The third kappa shape index (κ3) is 3.64. The Hall–Kier alpha value is -2.92. The summed E-state index contributed by atoms with van der Waals surface area (Å²) in [4.78, 5) is 17.0. The summed E-state index contributed by atoms with van der Waals surface area (Å²) in [6.45, 7) is 2.07. The molecule has 3 aromatic carbocycles. The van der Waals surface area contributed by atoms with Gasteiger partial charge in [-0.1, -0.05) is 36.4 Å². The Balaban J connectivity index is 1.47. The second kappa shape index (κ2) is 7.37. The van der Waals surface area contributed by atoms with Crippen LogP contribution < -0.4 is 4.74 Å². The maximum atomic E-state index is 12.5. The summed E-state index contributed by atoms with van der Waals surface area (Å²) < 4.78 is 11.9. The molecule has 136 valence electrons. The number of nitrogens with zero attached hydrogens (tertiary/aromatic N) is 1. The van der Waals surface area contributed by atoms with Crippen LogP contribution in [0.2, 0.25) is 0 Å². The first-order valence-electron chi connectivity index (χ1n) is 8.73. The monoisotopic (exact) mass is 377 g/mol. The van der Waals surface area contributed by atoms with Gasteiger partial charge in [0.25, 0.3) is 0 Å². The van der Waals surface area contributed by atoms with Crippen molar-refractivity contribution in [1.82, 2.24) is 4.98 Å². The summed E-state index contributed by atoms with van der Waals surface area (Å²) in [5.41, 5.74) is 1.87. The lowest BCUT2D eigenvalue weighted by molar-refractivity contribution is -0.146. The highest BCUT2D eigenvalue weighted by molar-refractivity contribution is 7.18. The van der Waals surface area contributed by atoms with E-state index in [9.17, 15) is 4.79 Å². The molecule has 0 saturated carbocycles. The summed E-state index contributed by atoms with van der Waals surface area (Å²) in [6, 6.07) is 19.8. The van der Waals surface area contributed by atoms with Crippen LogP contribution in [0, 0.1) is 0 Å². The van der Waals surface area contributed by atoms with Crippen LogP contribution in [-0.4, -0.2) is 18.1 Å². The lowest BCUT2D eigenvalue weighted by Crippen LogP contribution is -2.13. The van der Waals surface area contributed by atoms with Crippen molar-refractivity contribution >= 4 is 38.3 Å². The number of benzene rings is 3. The van der Waals surface area contributed by atoms with Crippen molar-refractivity contribution < 1.29 is 14.3 Å². The third-order valence-electron chi connectivity index (χ3n) is 4.60. The van der Waals surface area contributed by atoms with Crippen molar-refractivity contribution in [2.24, 2.45) is 0 Å². The zero-order chi connectivity index (χ0) is 18.8. The Morgan fingerprint density at radius 1 is 1.07 bits per heavy atom. The molecule has 0 spiro atoms. The first kappa shape index (κ1) is 17.5. The van der Waals surface area contributed by atoms with Crippen LogP contribution in [0.5, 0.6) is 5.75 Å². The maximum Gasteiger partial charge on any atom is 0.313 e. The van der Waals surface area contributed by atoms with Gasteiger partial charge in [0, 0.05) is 0 Å². The van der Waals surface area contributed by atoms with Gasteiger partial charge in [-0.2, -0.15) is 0 Å². The zero-order valence-corrected chi connectivity index (χ0v) is 16.0. The number of para-hydroxylation sites is 1. The number of carbonyl (C=O) groups is 1. The van der Waals surface area contributed by atoms with Gasteiger partial charge in [-0.25, -0.2) is 4.98 Å². The molecule has 0 fully saturated rings. The summed E-state index contributed by atoms with van der Waals surface area (Å²) in [6.07, 6.45) is 0. The van der Waals surface area contributed by atoms with Gasteiger partial charge in [-0.3, -0.25) is 4.79 Å². The molecule has 4 rings (SSSR count). The molecule has 0 bridgehead atoms. The highest BCUT2D eigenvalue weighted by atomic mass is 32.1. The van der Waals surface area contributed by atoms with Gasteiger partial charge < -0.3 is 9.47 Å². The van der Waals surface area contributed by atoms with Crippen molar-refractivity contribution in [3.63, 3.8) is 0 Å². The highest BCUT2D eigenvalue weighted by Gasteiger charge is 2.18. The molecule has 1 atom stereocenters. The van der Waals surface area contributed by atoms with Gasteiger partial charge in [0.1, 0.15) is 17.4 Å². The van der Waals surface area contributed by atoms with Gasteiger partial charge in [-0.15, -0.1) is 11.3 Å². The van der Waals surface area contributed by atoms with E-state index in [2.05, 4.69) is 4.98 Å². The van der Waals surface area contributed by atoms with Crippen molar-refractivity contribution in [3.05, 3.63) is 71.2 Å². The van der Waals surface area contributed by atoms with Crippen molar-refractivity contribution in [3.8, 4) is 5.75 Å². The molecule has 0 aliphatic carbocycles. The van der Waals surface area contributed by atoms with Crippen LogP contribution in [0.15, 0.2) is 60.7 Å². The number of thiazole rings is 1. The minimum Gasteiger partial charge on any atom is -0.497 e. The number of rotatable bonds is 5. The van der Waals surface area contributed by atoms with Crippen molar-refractivity contribution in [2.75, 3.05) is 7.11 Å². The van der Waals surface area contributed by atoms with Crippen LogP contribution in [0.3, 0.4) is 0 Å². The molecule has 1 aromatic heterocycles. The Morgan fingerprint density at radius 3 is 2.67 bits per heavy atom. The minimum absolute atomic E-state index is 0.202. The van der Waals surface area contributed by atoms with Crippen LogP contribution in [0.4, 0.5) is 0 Å². The van der Waals surface area contributed by atoms with E-state index in [1.807, 2.05) is 67.6 Å². The fraction of sp³-hybridized carbons (Fsp3) is 0.182. The van der Waals surface area contributed by atoms with E-state index < -0.39 is 0 Å². The van der Waals surface area contributed by atoms with E-state index in [0.29, 0.717) is 0 Å². The number of fused-ring (bicyclic) bond motifs is 2. The highest BCUT2D eigenvalue weighted by Crippen LogP contribution is 2.27. The van der Waals surface area contributed by atoms with Gasteiger partial charge in [-0.05, 0) is 47.5 Å². The second-order valence-electron chi connectivity index (χ2n) is 6.38. The second-order valence-corrected chi connectivity index (χ2v) is 7.49. The zero-order valence-electron chi connectivity index (χ0n) is 15.1. The fourth-order valence-electron chi connectivity index (χ4n) is 3.01. The first-order chi connectivity index (χ1) is 13.1. The minimum atomic E-state index is -0.342. The Labute approximate surface area is 161 Å². The number of hydrogen-bond acceptors (Lipinski definition) is 5. The van der Waals surface area contributed by atoms with E-state index in [-0.39, 0.29) is 18.5 Å². The molecule has 0 aliphatic heterocycles. The van der Waals surface area contributed by atoms with Crippen LogP contribution >= 0.6 is 11.3 Å². The predicted octanol–water partition coefficient (Wildman–Crippen LogP) is 5.31. The van der Waals surface area contributed by atoms with Gasteiger partial charge in [0.2, 0.25) is 0 Å². The van der Waals surface area contributed by atoms with E-state index in [1.165, 1.54) is 0 Å². The van der Waals surface area contributed by atoms with Crippen LogP contribution in [0.1, 0.15) is 23.4 Å². The summed E-state index contributed by atoms with van der Waals surface area (Å²) in [7, 11) is 1.65. The SMILES string of the molecule is COc1ccc2cc([C@H](C)C(=O)OCc3nc4ccccc4s3)ccc2c1. The first-order valence-corrected chi connectivity index (χ1v) is 9.54. The number of aromatic nitrogens is 1. The number of esters is 1. The summed E-state index contributed by atoms with van der Waals surface area (Å²) in [5, 5.41) is 2.95. The predicted molar refractivity (Wildman–Crippen MR) is 108 cm³/mol. The molecular formula is C22H19NO3S. The lowest BCUT2D eigenvalue weighted by Gasteiger charge is -2.12. The van der Waals surface area contributed by atoms with Crippen LogP contribution in [-0.2, 0) is 16.1 Å². The van der Waals surface area contributed by atoms with Crippen molar-refractivity contribution in [1.29, 1.82) is 0 Å². The fourth-order valence-corrected chi connectivity index (χ4v) is 3.89. The Bertz CT molecular complexity index is 1090. The molecule has 0 unspecified atom stereocenters. The largest absolute Gasteiger partial charge is 0.497 e. The Kier molecular flexibility index (Phi) is 4.77. The quantitative estimate of drug-likeness (QED) is 0.443. The summed E-state index contributed by atoms with van der Waals surface area (Å²) >= 11 is 1.55. The molecule has 4 nitrogen and oxygen atoms in total. The van der Waals surface area contributed by atoms with E-state index >= 15 is 0 Å². The maximum absolute atomic E-state index is 12.5. The van der Waals surface area contributed by atoms with Gasteiger partial charge in [0.15, 0.2) is 0 Å². The standard InChI is InChI=1S/C22H19NO3S/c1-14(15-7-8-17-12-18(25-2)10-9-16(17)11-15)22(24)26-13-21-23-19-5-3-4-6-20(19)27-21/h3-12,14H,13H2,1-2H3/t14-/m0/s1. The third-order valence-corrected chi connectivity index (χ3v) is 5.61. The molecule has 5 heteroatoms. The van der Waals surface area contributed by atoms with E-state index in [4.69, 9.17) is 9.47 Å². The summed E-state index contributed by atoms with van der Waals surface area (Å²) in [5.74, 6) is 0.228. The smallest absolute Gasteiger partial charge is 0.313 e. The number of methoxy groups -OCH3 is 1. The normalized spacial score (nSPS) is 12.2. The van der Waals surface area contributed by atoms with Gasteiger partial charge in [0.05, 0.1) is 23.2 Å². The lowest BCUT2D eigenvalue weighted by atomic mass is 9.98. The molecule has 4 aromatic rings. The van der Waals surface area contributed by atoms with Gasteiger partial charge >= 0.3 is 5.97 Å². The molecular weight excluding hydrogens is 358 g/mol. The molecule has 0 N–H and O–H groups in total. The van der Waals surface area contributed by atoms with Crippen molar-refractivity contribution in [2.45, 2.75) is 19.4 Å². The molecule has 27 heavy (non-hydrogen) atoms. The van der Waals surface area contributed by atoms with Crippen LogP contribution in [0.25, 0.3) is 21.0 Å². The average Bonchev–Trinajstić information content (AvgIpc) is 3.13. The molecule has 1 heterocycles.